The van der Waals surface area contributed by atoms with Gasteiger partial charge in [-0.25, -0.2) is 4.98 Å². The fourth-order valence-electron chi connectivity index (χ4n) is 3.98. The van der Waals surface area contributed by atoms with Gasteiger partial charge in [-0.3, -0.25) is 0 Å². The van der Waals surface area contributed by atoms with Crippen molar-refractivity contribution in [3.8, 4) is 0 Å². The lowest BCUT2D eigenvalue weighted by Gasteiger charge is -2.15. The first-order chi connectivity index (χ1) is 16.4. The Kier molecular flexibility index (Phi) is 5.70. The van der Waals surface area contributed by atoms with Gasteiger partial charge in [-0.05, 0) is 55.8 Å². The molecule has 0 fully saturated rings. The molecule has 1 aliphatic rings. The first-order valence-electron chi connectivity index (χ1n) is 10.9. The van der Waals surface area contributed by atoms with E-state index in [-0.39, 0.29) is 11.8 Å². The standard InChI is InChI=1S/C25H23F3N6/c1-15-2-4-17(5-3-15)32-23-21(25(26,27)28)14-31-24(34-23)33-18-6-7-22-19(12-18)20(13-30-22)16-8-10-29-11-9-16/h2-8,12-14,29-30H,9-11H2,1H3,(H2,31,32,33,34). The van der Waals surface area contributed by atoms with Crippen molar-refractivity contribution in [3.05, 3.63) is 77.6 Å². The number of H-pyrrole nitrogens is 1. The molecule has 0 atom stereocenters. The first-order valence-corrected chi connectivity index (χ1v) is 10.9. The molecule has 0 saturated heterocycles. The average molecular weight is 464 g/mol. The molecule has 34 heavy (non-hydrogen) atoms. The Labute approximate surface area is 194 Å². The summed E-state index contributed by atoms with van der Waals surface area (Å²) >= 11 is 0. The van der Waals surface area contributed by atoms with Gasteiger partial charge in [0.25, 0.3) is 0 Å². The Morgan fingerprint density at radius 3 is 2.53 bits per heavy atom. The Bertz CT molecular complexity index is 1360. The number of alkyl halides is 3. The zero-order chi connectivity index (χ0) is 23.7. The van der Waals surface area contributed by atoms with Crippen molar-refractivity contribution >= 4 is 39.6 Å². The number of fused-ring (bicyclic) bond motifs is 1. The quantitative estimate of drug-likeness (QED) is 0.285. The van der Waals surface area contributed by atoms with Crippen LogP contribution < -0.4 is 16.0 Å². The molecule has 0 amide bonds. The summed E-state index contributed by atoms with van der Waals surface area (Å²) in [6.45, 7) is 3.66. The Balaban J connectivity index is 1.47. The zero-order valence-electron chi connectivity index (χ0n) is 18.4. The van der Waals surface area contributed by atoms with Crippen LogP contribution in [0.5, 0.6) is 0 Å². The van der Waals surface area contributed by atoms with E-state index in [9.17, 15) is 13.2 Å². The van der Waals surface area contributed by atoms with Crippen molar-refractivity contribution in [2.24, 2.45) is 0 Å². The zero-order valence-corrected chi connectivity index (χ0v) is 18.4. The van der Waals surface area contributed by atoms with E-state index in [1.165, 1.54) is 5.57 Å². The molecular formula is C25H23F3N6. The summed E-state index contributed by atoms with van der Waals surface area (Å²) in [5, 5.41) is 10.2. The number of halogens is 3. The summed E-state index contributed by atoms with van der Waals surface area (Å²) in [5.41, 5.74) is 4.63. The summed E-state index contributed by atoms with van der Waals surface area (Å²) in [4.78, 5) is 11.4. The van der Waals surface area contributed by atoms with Gasteiger partial charge in [0, 0.05) is 46.8 Å². The van der Waals surface area contributed by atoms with E-state index in [0.717, 1.165) is 47.7 Å². The van der Waals surface area contributed by atoms with E-state index in [1.54, 1.807) is 12.1 Å². The molecule has 4 N–H and O–H groups in total. The number of aryl methyl sites for hydroxylation is 1. The Hall–Kier alpha value is -3.85. The fourth-order valence-corrected chi connectivity index (χ4v) is 3.98. The second-order valence-corrected chi connectivity index (χ2v) is 8.22. The van der Waals surface area contributed by atoms with Crippen molar-refractivity contribution in [3.63, 3.8) is 0 Å². The van der Waals surface area contributed by atoms with Crippen molar-refractivity contribution in [1.29, 1.82) is 0 Å². The summed E-state index contributed by atoms with van der Waals surface area (Å²) in [7, 11) is 0. The highest BCUT2D eigenvalue weighted by atomic mass is 19.4. The van der Waals surface area contributed by atoms with Crippen LogP contribution in [0.25, 0.3) is 16.5 Å². The number of rotatable bonds is 5. The summed E-state index contributed by atoms with van der Waals surface area (Å²) < 4.78 is 40.7. The average Bonchev–Trinajstić information content (AvgIpc) is 3.24. The van der Waals surface area contributed by atoms with Crippen LogP contribution in [-0.4, -0.2) is 28.0 Å². The molecule has 0 radical (unpaired) electrons. The van der Waals surface area contributed by atoms with E-state index in [1.807, 2.05) is 43.5 Å². The van der Waals surface area contributed by atoms with E-state index in [0.29, 0.717) is 11.4 Å². The molecule has 2 aromatic carbocycles. The SMILES string of the molecule is Cc1ccc(Nc2nc(Nc3ccc4[nH]cc(C5=CCNCC5)c4c3)ncc2C(F)(F)F)cc1. The molecule has 0 saturated carbocycles. The second kappa shape index (κ2) is 8.83. The normalized spacial score (nSPS) is 14.2. The van der Waals surface area contributed by atoms with Crippen LogP contribution in [0, 0.1) is 6.92 Å². The van der Waals surface area contributed by atoms with Crippen molar-refractivity contribution < 1.29 is 13.2 Å². The molecular weight excluding hydrogens is 441 g/mol. The summed E-state index contributed by atoms with van der Waals surface area (Å²) in [6, 6.07) is 12.8. The van der Waals surface area contributed by atoms with E-state index >= 15 is 0 Å². The molecule has 174 valence electrons. The van der Waals surface area contributed by atoms with Crippen molar-refractivity contribution in [2.45, 2.75) is 19.5 Å². The number of benzene rings is 2. The number of nitrogens with one attached hydrogen (secondary N) is 4. The topological polar surface area (TPSA) is 77.7 Å². The molecule has 9 heteroatoms. The third-order valence-corrected chi connectivity index (χ3v) is 5.76. The minimum absolute atomic E-state index is 0.0696. The predicted molar refractivity (Wildman–Crippen MR) is 129 cm³/mol. The van der Waals surface area contributed by atoms with Gasteiger partial charge in [0.1, 0.15) is 11.4 Å². The van der Waals surface area contributed by atoms with E-state index in [2.05, 4.69) is 37.0 Å². The molecule has 6 nitrogen and oxygen atoms in total. The van der Waals surface area contributed by atoms with Crippen LogP contribution in [0.1, 0.15) is 23.1 Å². The number of nitrogens with zero attached hydrogens (tertiary/aromatic N) is 2. The van der Waals surface area contributed by atoms with Crippen LogP contribution in [0.3, 0.4) is 0 Å². The van der Waals surface area contributed by atoms with E-state index in [4.69, 9.17) is 0 Å². The lowest BCUT2D eigenvalue weighted by atomic mass is 9.99. The molecule has 0 bridgehead atoms. The van der Waals surface area contributed by atoms with Gasteiger partial charge in [0.05, 0.1) is 0 Å². The van der Waals surface area contributed by atoms with Crippen molar-refractivity contribution in [2.75, 3.05) is 23.7 Å². The largest absolute Gasteiger partial charge is 0.421 e. The molecule has 3 heterocycles. The van der Waals surface area contributed by atoms with Crippen LogP contribution in [-0.2, 0) is 6.18 Å². The van der Waals surface area contributed by atoms with E-state index < -0.39 is 11.7 Å². The molecule has 0 spiro atoms. The molecule has 1 aliphatic heterocycles. The molecule has 4 aromatic rings. The van der Waals surface area contributed by atoms with Crippen LogP contribution in [0.4, 0.5) is 36.3 Å². The maximum absolute atomic E-state index is 13.6. The van der Waals surface area contributed by atoms with Crippen LogP contribution >= 0.6 is 0 Å². The first kappa shape index (κ1) is 22.0. The Morgan fingerprint density at radius 2 is 1.79 bits per heavy atom. The van der Waals surface area contributed by atoms with Gasteiger partial charge in [0.15, 0.2) is 0 Å². The monoisotopic (exact) mass is 464 g/mol. The fraction of sp³-hybridized carbons (Fsp3) is 0.200. The van der Waals surface area contributed by atoms with Crippen LogP contribution in [0.15, 0.2) is 60.9 Å². The highest BCUT2D eigenvalue weighted by Crippen LogP contribution is 2.36. The highest BCUT2D eigenvalue weighted by molar-refractivity contribution is 5.95. The third-order valence-electron chi connectivity index (χ3n) is 5.76. The predicted octanol–water partition coefficient (Wildman–Crippen LogP) is 6.15. The van der Waals surface area contributed by atoms with Gasteiger partial charge >= 0.3 is 6.18 Å². The smallest absolute Gasteiger partial charge is 0.361 e. The summed E-state index contributed by atoms with van der Waals surface area (Å²) in [5.74, 6) is -0.239. The lowest BCUT2D eigenvalue weighted by molar-refractivity contribution is -0.137. The van der Waals surface area contributed by atoms with Gasteiger partial charge in [-0.1, -0.05) is 23.8 Å². The van der Waals surface area contributed by atoms with Gasteiger partial charge in [0.2, 0.25) is 5.95 Å². The number of anilines is 4. The molecule has 0 aliphatic carbocycles. The number of aromatic nitrogens is 3. The maximum atomic E-state index is 13.6. The molecule has 5 rings (SSSR count). The highest BCUT2D eigenvalue weighted by Gasteiger charge is 2.35. The summed E-state index contributed by atoms with van der Waals surface area (Å²) in [6.07, 6.45) is 1.30. The third kappa shape index (κ3) is 4.60. The number of hydrogen-bond acceptors (Lipinski definition) is 5. The Morgan fingerprint density at radius 1 is 1.00 bits per heavy atom. The van der Waals surface area contributed by atoms with Gasteiger partial charge < -0.3 is 20.9 Å². The molecule has 2 aromatic heterocycles. The number of aromatic amines is 1. The van der Waals surface area contributed by atoms with Gasteiger partial charge in [-0.2, -0.15) is 18.2 Å². The number of hydrogen-bond donors (Lipinski definition) is 4. The second-order valence-electron chi connectivity index (χ2n) is 8.22. The minimum atomic E-state index is -4.59. The molecule has 0 unspecified atom stereocenters. The lowest BCUT2D eigenvalue weighted by Crippen LogP contribution is -2.19. The minimum Gasteiger partial charge on any atom is -0.361 e. The van der Waals surface area contributed by atoms with Gasteiger partial charge in [-0.15, -0.1) is 0 Å². The maximum Gasteiger partial charge on any atom is 0.421 e. The van der Waals surface area contributed by atoms with Crippen LogP contribution in [0.2, 0.25) is 0 Å². The van der Waals surface area contributed by atoms with Crippen molar-refractivity contribution in [1.82, 2.24) is 20.3 Å².